The fourth-order valence-electron chi connectivity index (χ4n) is 7.06. The Morgan fingerprint density at radius 2 is 2.04 bits per heavy atom. The van der Waals surface area contributed by atoms with Crippen LogP contribution in [-0.2, 0) is 14.3 Å². The fourth-order valence-corrected chi connectivity index (χ4v) is 7.06. The van der Waals surface area contributed by atoms with Gasteiger partial charge in [0.15, 0.2) is 11.4 Å². The minimum absolute atomic E-state index is 0.113. The van der Waals surface area contributed by atoms with Crippen molar-refractivity contribution in [2.24, 2.45) is 29.1 Å². The summed E-state index contributed by atoms with van der Waals surface area (Å²) in [6, 6.07) is 0. The summed E-state index contributed by atoms with van der Waals surface area (Å²) in [6.45, 7) is 4.28. The second-order valence-electron chi connectivity index (χ2n) is 9.49. The molecule has 27 heavy (non-hydrogen) atoms. The molecule has 146 valence electrons. The molecule has 4 aliphatic rings. The van der Waals surface area contributed by atoms with E-state index in [0.717, 1.165) is 51.4 Å². The predicted molar refractivity (Wildman–Crippen MR) is 105 cm³/mol. The van der Waals surface area contributed by atoms with Crippen molar-refractivity contribution < 1.29 is 14.3 Å². The zero-order valence-corrected chi connectivity index (χ0v) is 16.8. The summed E-state index contributed by atoms with van der Waals surface area (Å²) in [4.78, 5) is 24.2. The molecule has 4 rings (SSSR count). The Morgan fingerprint density at radius 3 is 2.78 bits per heavy atom. The van der Waals surface area contributed by atoms with E-state index in [9.17, 15) is 9.59 Å². The highest BCUT2D eigenvalue weighted by Gasteiger charge is 2.64. The first-order valence-corrected chi connectivity index (χ1v) is 10.9. The van der Waals surface area contributed by atoms with Gasteiger partial charge in [0, 0.05) is 18.3 Å². The van der Waals surface area contributed by atoms with Gasteiger partial charge in [-0.3, -0.25) is 9.59 Å². The van der Waals surface area contributed by atoms with Crippen molar-refractivity contribution in [3.8, 4) is 12.3 Å². The van der Waals surface area contributed by atoms with Gasteiger partial charge in [-0.15, -0.1) is 6.42 Å². The van der Waals surface area contributed by atoms with Crippen LogP contribution in [0.3, 0.4) is 0 Å². The molecule has 3 saturated carbocycles. The molecule has 0 N–H and O–H groups in total. The lowest BCUT2D eigenvalue weighted by molar-refractivity contribution is -0.170. The van der Waals surface area contributed by atoms with Crippen molar-refractivity contribution in [1.29, 1.82) is 0 Å². The second-order valence-corrected chi connectivity index (χ2v) is 9.49. The minimum atomic E-state index is -0.729. The van der Waals surface area contributed by atoms with Gasteiger partial charge in [0.2, 0.25) is 0 Å². The van der Waals surface area contributed by atoms with Crippen LogP contribution in [0.5, 0.6) is 0 Å². The maximum atomic E-state index is 12.3. The molecule has 3 fully saturated rings. The van der Waals surface area contributed by atoms with Crippen molar-refractivity contribution in [3.05, 3.63) is 11.6 Å². The molecule has 6 atom stereocenters. The first-order chi connectivity index (χ1) is 12.9. The van der Waals surface area contributed by atoms with Crippen molar-refractivity contribution in [2.45, 2.75) is 83.7 Å². The molecule has 0 heterocycles. The Bertz CT molecular complexity index is 714. The number of ether oxygens (including phenoxy) is 1. The number of hydrogen-bond donors (Lipinski definition) is 0. The van der Waals surface area contributed by atoms with Crippen molar-refractivity contribution in [2.75, 3.05) is 0 Å². The summed E-state index contributed by atoms with van der Waals surface area (Å²) >= 11 is 0. The molecule has 0 bridgehead atoms. The van der Waals surface area contributed by atoms with Crippen LogP contribution in [-0.4, -0.2) is 17.4 Å². The number of allylic oxidation sites excluding steroid dienone is 1. The number of ketones is 1. The molecular weight excluding hydrogens is 336 g/mol. The maximum absolute atomic E-state index is 12.3. The van der Waals surface area contributed by atoms with E-state index in [2.05, 4.69) is 12.8 Å². The third kappa shape index (κ3) is 2.79. The third-order valence-electron chi connectivity index (χ3n) is 8.40. The highest BCUT2D eigenvalue weighted by atomic mass is 16.6. The van der Waals surface area contributed by atoms with Gasteiger partial charge in [-0.05, 0) is 81.1 Å². The molecule has 0 radical (unpaired) electrons. The number of hydrogen-bond acceptors (Lipinski definition) is 3. The molecular formula is C24H32O3. The van der Waals surface area contributed by atoms with E-state index in [0.29, 0.717) is 42.3 Å². The van der Waals surface area contributed by atoms with Crippen LogP contribution in [0, 0.1) is 41.4 Å². The average Bonchev–Trinajstić information content (AvgIpc) is 2.94. The second kappa shape index (κ2) is 6.80. The molecule has 0 aromatic rings. The first kappa shape index (κ1) is 18.8. The molecule has 3 heteroatoms. The Balaban J connectivity index is 1.60. The topological polar surface area (TPSA) is 43.4 Å². The van der Waals surface area contributed by atoms with Gasteiger partial charge in [0.05, 0.1) is 0 Å². The molecule has 0 aliphatic heterocycles. The zero-order valence-electron chi connectivity index (χ0n) is 16.8. The number of esters is 1. The average molecular weight is 369 g/mol. The summed E-state index contributed by atoms with van der Waals surface area (Å²) in [7, 11) is 0. The van der Waals surface area contributed by atoms with Gasteiger partial charge in [-0.2, -0.15) is 0 Å². The number of carbonyl (C=O) groups is 2. The molecule has 0 amide bonds. The Morgan fingerprint density at radius 1 is 1.22 bits per heavy atom. The van der Waals surface area contributed by atoms with Crippen molar-refractivity contribution >= 4 is 11.8 Å². The van der Waals surface area contributed by atoms with Crippen LogP contribution in [0.25, 0.3) is 0 Å². The maximum Gasteiger partial charge on any atom is 0.307 e. The number of carbonyl (C=O) groups excluding carboxylic acids is 2. The zero-order chi connectivity index (χ0) is 19.2. The van der Waals surface area contributed by atoms with Crippen LogP contribution < -0.4 is 0 Å². The van der Waals surface area contributed by atoms with Crippen molar-refractivity contribution in [3.63, 3.8) is 0 Å². The third-order valence-corrected chi connectivity index (χ3v) is 8.40. The first-order valence-electron chi connectivity index (χ1n) is 10.9. The predicted octanol–water partition coefficient (Wildman–Crippen LogP) is 4.84. The van der Waals surface area contributed by atoms with Gasteiger partial charge in [-0.25, -0.2) is 0 Å². The Kier molecular flexibility index (Phi) is 4.73. The highest BCUT2D eigenvalue weighted by Crippen LogP contribution is 2.65. The lowest BCUT2D eigenvalue weighted by Crippen LogP contribution is -2.53. The summed E-state index contributed by atoms with van der Waals surface area (Å²) < 4.78 is 6.03. The molecule has 0 aromatic carbocycles. The van der Waals surface area contributed by atoms with Gasteiger partial charge >= 0.3 is 5.97 Å². The van der Waals surface area contributed by atoms with Crippen LogP contribution in [0.2, 0.25) is 0 Å². The van der Waals surface area contributed by atoms with Crippen LogP contribution >= 0.6 is 0 Å². The Labute approximate surface area is 163 Å². The molecule has 4 aliphatic carbocycles. The van der Waals surface area contributed by atoms with E-state index < -0.39 is 5.60 Å². The monoisotopic (exact) mass is 368 g/mol. The summed E-state index contributed by atoms with van der Waals surface area (Å²) in [6.07, 6.45) is 17.2. The summed E-state index contributed by atoms with van der Waals surface area (Å²) in [5, 5.41) is 0. The van der Waals surface area contributed by atoms with Gasteiger partial charge < -0.3 is 4.74 Å². The van der Waals surface area contributed by atoms with Crippen LogP contribution in [0.4, 0.5) is 0 Å². The van der Waals surface area contributed by atoms with E-state index in [1.165, 1.54) is 5.57 Å². The largest absolute Gasteiger partial charge is 0.445 e. The smallest absolute Gasteiger partial charge is 0.307 e. The fraction of sp³-hybridized carbons (Fsp3) is 0.750. The minimum Gasteiger partial charge on any atom is -0.445 e. The molecule has 0 unspecified atom stereocenters. The van der Waals surface area contributed by atoms with Crippen molar-refractivity contribution in [1.82, 2.24) is 0 Å². The van der Waals surface area contributed by atoms with E-state index in [1.54, 1.807) is 0 Å². The lowest BCUT2D eigenvalue weighted by atomic mass is 9.50. The number of rotatable bonds is 3. The lowest BCUT2D eigenvalue weighted by Gasteiger charge is -2.55. The molecule has 3 nitrogen and oxygen atoms in total. The number of terminal acetylenes is 1. The normalized spacial score (nSPS) is 43.0. The van der Waals surface area contributed by atoms with E-state index in [-0.39, 0.29) is 11.4 Å². The molecule has 0 spiro atoms. The van der Waals surface area contributed by atoms with Gasteiger partial charge in [0.1, 0.15) is 0 Å². The molecule has 0 aromatic heterocycles. The van der Waals surface area contributed by atoms with Gasteiger partial charge in [0.25, 0.3) is 0 Å². The van der Waals surface area contributed by atoms with E-state index in [4.69, 9.17) is 11.2 Å². The molecule has 0 saturated heterocycles. The highest BCUT2D eigenvalue weighted by molar-refractivity contribution is 5.91. The Hall–Kier alpha value is -1.56. The standard InChI is InChI=1S/C24H32O3/c1-4-6-22(26)27-24(5-2)14-12-21-20-9-7-16-15-17(25)8-10-18(16)19(20)11-13-23(21,24)3/h2,15,18-21H,4,6-14H2,1,3H3/t18-,19+,20+,21-,23-,24-/m0/s1. The van der Waals surface area contributed by atoms with E-state index >= 15 is 0 Å². The van der Waals surface area contributed by atoms with E-state index in [1.807, 2.05) is 13.0 Å². The quantitative estimate of drug-likeness (QED) is 0.529. The summed E-state index contributed by atoms with van der Waals surface area (Å²) in [5.74, 6) is 5.59. The van der Waals surface area contributed by atoms with Crippen LogP contribution in [0.15, 0.2) is 11.6 Å². The van der Waals surface area contributed by atoms with Crippen LogP contribution in [0.1, 0.15) is 78.1 Å². The van der Waals surface area contributed by atoms with Gasteiger partial charge in [-0.1, -0.05) is 25.3 Å². The summed E-state index contributed by atoms with van der Waals surface area (Å²) in [5.41, 5.74) is 0.567. The SMILES string of the molecule is C#C[C@]1(OC(=O)CCC)CC[C@H]2[C@@H]3CCC4=CC(=O)CC[C@@H]4[C@H]3CC[C@@]21C. The number of fused-ring (bicyclic) bond motifs is 5.